The number of aryl methyl sites for hydroxylation is 1. The van der Waals surface area contributed by atoms with Gasteiger partial charge in [-0.25, -0.2) is 0 Å². The quantitative estimate of drug-likeness (QED) is 0.715. The van der Waals surface area contributed by atoms with Crippen molar-refractivity contribution in [2.45, 2.75) is 12.8 Å². The van der Waals surface area contributed by atoms with Crippen molar-refractivity contribution < 1.29 is 0 Å². The summed E-state index contributed by atoms with van der Waals surface area (Å²) in [6.45, 7) is 0. The highest BCUT2D eigenvalue weighted by molar-refractivity contribution is 7.80. The maximum Gasteiger partial charge on any atom is 0.1000 e. The molecule has 0 radical (unpaired) electrons. The topological polar surface area (TPSA) is 23.8 Å². The lowest BCUT2D eigenvalue weighted by Gasteiger charge is -1.90. The number of hydrogen-bond acceptors (Lipinski definition) is 3. The van der Waals surface area contributed by atoms with E-state index in [-0.39, 0.29) is 0 Å². The van der Waals surface area contributed by atoms with Crippen LogP contribution in [0.1, 0.15) is 16.9 Å². The number of thiol groups is 1. The predicted molar refractivity (Wildman–Crippen MR) is 51.2 cm³/mol. The normalized spacial score (nSPS) is 9.45. The first-order valence-electron chi connectivity index (χ1n) is 3.45. The average molecular weight is 183 g/mol. The van der Waals surface area contributed by atoms with Crippen molar-refractivity contribution in [2.24, 2.45) is 0 Å². The van der Waals surface area contributed by atoms with Gasteiger partial charge in [0.1, 0.15) is 0 Å². The van der Waals surface area contributed by atoms with E-state index < -0.39 is 0 Å². The van der Waals surface area contributed by atoms with Gasteiger partial charge in [-0.15, -0.1) is 11.3 Å². The minimum atomic E-state index is 0.782. The molecule has 3 heteroatoms. The minimum Gasteiger partial charge on any atom is -0.192 e. The Morgan fingerprint density at radius 2 is 2.45 bits per heavy atom. The van der Waals surface area contributed by atoms with Crippen molar-refractivity contribution in [3.05, 3.63) is 21.9 Å². The SMILES string of the molecule is N#Cc1csc(CCCS)c1. The largest absolute Gasteiger partial charge is 0.192 e. The van der Waals surface area contributed by atoms with Gasteiger partial charge in [0.15, 0.2) is 0 Å². The van der Waals surface area contributed by atoms with E-state index in [1.54, 1.807) is 11.3 Å². The molecular weight excluding hydrogens is 174 g/mol. The molecule has 0 spiro atoms. The molecule has 1 nitrogen and oxygen atoms in total. The third-order valence-corrected chi connectivity index (χ3v) is 2.68. The van der Waals surface area contributed by atoms with Gasteiger partial charge in [0, 0.05) is 10.3 Å². The van der Waals surface area contributed by atoms with Crippen LogP contribution in [0.25, 0.3) is 0 Å². The Hall–Kier alpha value is -0.460. The van der Waals surface area contributed by atoms with Crippen molar-refractivity contribution in [1.29, 1.82) is 5.26 Å². The third-order valence-electron chi connectivity index (χ3n) is 1.36. The molecule has 0 atom stereocenters. The fourth-order valence-electron chi connectivity index (χ4n) is 0.824. The molecular formula is C8H9NS2. The first kappa shape index (κ1) is 8.63. The van der Waals surface area contributed by atoms with E-state index in [0.717, 1.165) is 24.2 Å². The van der Waals surface area contributed by atoms with Crippen molar-refractivity contribution in [3.63, 3.8) is 0 Å². The van der Waals surface area contributed by atoms with Crippen LogP contribution in [0, 0.1) is 11.3 Å². The van der Waals surface area contributed by atoms with Gasteiger partial charge in [0.2, 0.25) is 0 Å². The summed E-state index contributed by atoms with van der Waals surface area (Å²) in [7, 11) is 0. The van der Waals surface area contributed by atoms with Gasteiger partial charge in [0.25, 0.3) is 0 Å². The molecule has 1 rings (SSSR count). The Labute approximate surface area is 76.1 Å². The van der Waals surface area contributed by atoms with E-state index >= 15 is 0 Å². The molecule has 11 heavy (non-hydrogen) atoms. The Morgan fingerprint density at radius 3 is 3.00 bits per heavy atom. The maximum absolute atomic E-state index is 8.52. The van der Waals surface area contributed by atoms with Crippen LogP contribution in [0.5, 0.6) is 0 Å². The van der Waals surface area contributed by atoms with Crippen LogP contribution in [-0.2, 0) is 6.42 Å². The Morgan fingerprint density at radius 1 is 1.64 bits per heavy atom. The van der Waals surface area contributed by atoms with Gasteiger partial charge in [-0.1, -0.05) is 0 Å². The Kier molecular flexibility index (Phi) is 3.47. The summed E-state index contributed by atoms with van der Waals surface area (Å²) >= 11 is 5.78. The monoisotopic (exact) mass is 183 g/mol. The number of thiophene rings is 1. The molecule has 0 aliphatic carbocycles. The van der Waals surface area contributed by atoms with E-state index in [2.05, 4.69) is 18.7 Å². The zero-order valence-corrected chi connectivity index (χ0v) is 7.79. The molecule has 0 aromatic carbocycles. The second-order valence-corrected chi connectivity index (χ2v) is 3.68. The van der Waals surface area contributed by atoms with Gasteiger partial charge >= 0.3 is 0 Å². The van der Waals surface area contributed by atoms with Crippen LogP contribution in [0.15, 0.2) is 11.4 Å². The van der Waals surface area contributed by atoms with Gasteiger partial charge in [0.05, 0.1) is 11.6 Å². The van der Waals surface area contributed by atoms with Crippen LogP contribution < -0.4 is 0 Å². The number of nitriles is 1. The average Bonchev–Trinajstić information content (AvgIpc) is 2.48. The van der Waals surface area contributed by atoms with Crippen LogP contribution >= 0.6 is 24.0 Å². The smallest absolute Gasteiger partial charge is 0.1000 e. The summed E-state index contributed by atoms with van der Waals surface area (Å²) < 4.78 is 0. The van der Waals surface area contributed by atoms with E-state index in [4.69, 9.17) is 5.26 Å². The van der Waals surface area contributed by atoms with Crippen LogP contribution in [0.3, 0.4) is 0 Å². The fourth-order valence-corrected chi connectivity index (χ4v) is 1.84. The lowest BCUT2D eigenvalue weighted by atomic mass is 10.2. The molecule has 1 heterocycles. The van der Waals surface area contributed by atoms with E-state index in [1.807, 2.05) is 11.4 Å². The van der Waals surface area contributed by atoms with Crippen LogP contribution in [0.4, 0.5) is 0 Å². The summed E-state index contributed by atoms with van der Waals surface area (Å²) in [6, 6.07) is 4.07. The lowest BCUT2D eigenvalue weighted by molar-refractivity contribution is 0.955. The molecule has 0 saturated heterocycles. The molecule has 1 aromatic rings. The van der Waals surface area contributed by atoms with Crippen molar-refractivity contribution in [3.8, 4) is 6.07 Å². The Balaban J connectivity index is 2.53. The summed E-state index contributed by atoms with van der Waals surface area (Å²) in [5.74, 6) is 0.916. The summed E-state index contributed by atoms with van der Waals surface area (Å²) in [5, 5.41) is 10.4. The molecule has 0 aliphatic rings. The van der Waals surface area contributed by atoms with Gasteiger partial charge in [-0.05, 0) is 24.7 Å². The minimum absolute atomic E-state index is 0.782. The second kappa shape index (κ2) is 4.42. The van der Waals surface area contributed by atoms with E-state index in [1.165, 1.54) is 4.88 Å². The Bertz CT molecular complexity index is 259. The molecule has 0 amide bonds. The lowest BCUT2D eigenvalue weighted by Crippen LogP contribution is -1.80. The fraction of sp³-hybridized carbons (Fsp3) is 0.375. The van der Waals surface area contributed by atoms with Crippen LogP contribution in [-0.4, -0.2) is 5.75 Å². The van der Waals surface area contributed by atoms with Crippen LogP contribution in [0.2, 0.25) is 0 Å². The third kappa shape index (κ3) is 2.57. The standard InChI is InChI=1S/C8H9NS2/c9-5-7-4-8(11-6-7)2-1-3-10/h4,6,10H,1-3H2. The van der Waals surface area contributed by atoms with E-state index in [9.17, 15) is 0 Å². The van der Waals surface area contributed by atoms with Gasteiger partial charge in [-0.3, -0.25) is 0 Å². The summed E-state index contributed by atoms with van der Waals surface area (Å²) in [4.78, 5) is 1.29. The highest BCUT2D eigenvalue weighted by Crippen LogP contribution is 2.15. The first-order valence-corrected chi connectivity index (χ1v) is 4.96. The summed E-state index contributed by atoms with van der Waals surface area (Å²) in [5.41, 5.74) is 0.782. The number of hydrogen-bond donors (Lipinski definition) is 1. The highest BCUT2D eigenvalue weighted by atomic mass is 32.1. The molecule has 0 unspecified atom stereocenters. The second-order valence-electron chi connectivity index (χ2n) is 2.24. The summed E-state index contributed by atoms with van der Waals surface area (Å²) in [6.07, 6.45) is 2.14. The van der Waals surface area contributed by atoms with Gasteiger partial charge < -0.3 is 0 Å². The van der Waals surface area contributed by atoms with Crippen molar-refractivity contribution in [1.82, 2.24) is 0 Å². The highest BCUT2D eigenvalue weighted by Gasteiger charge is 1.97. The maximum atomic E-state index is 8.52. The first-order chi connectivity index (χ1) is 5.36. The van der Waals surface area contributed by atoms with E-state index in [0.29, 0.717) is 0 Å². The van der Waals surface area contributed by atoms with Crippen molar-refractivity contribution in [2.75, 3.05) is 5.75 Å². The number of rotatable bonds is 3. The molecule has 0 N–H and O–H groups in total. The molecule has 1 aromatic heterocycles. The number of nitrogens with zero attached hydrogens (tertiary/aromatic N) is 1. The molecule has 58 valence electrons. The van der Waals surface area contributed by atoms with Crippen molar-refractivity contribution >= 4 is 24.0 Å². The van der Waals surface area contributed by atoms with Gasteiger partial charge in [-0.2, -0.15) is 17.9 Å². The molecule has 0 saturated carbocycles. The zero-order valence-electron chi connectivity index (χ0n) is 6.08. The predicted octanol–water partition coefficient (Wildman–Crippen LogP) is 2.48. The molecule has 0 fully saturated rings. The zero-order chi connectivity index (χ0) is 8.10. The molecule has 0 bridgehead atoms. The molecule has 0 aliphatic heterocycles.